The van der Waals surface area contributed by atoms with Crippen molar-refractivity contribution in [1.29, 1.82) is 0 Å². The van der Waals surface area contributed by atoms with Gasteiger partial charge in [-0.1, -0.05) is 0 Å². The van der Waals surface area contributed by atoms with Gasteiger partial charge in [0.25, 0.3) is 0 Å². The molecule has 0 aliphatic carbocycles. The molecule has 1 unspecified atom stereocenters. The van der Waals surface area contributed by atoms with Crippen LogP contribution < -0.4 is 10.6 Å². The van der Waals surface area contributed by atoms with E-state index in [9.17, 15) is 4.79 Å². The summed E-state index contributed by atoms with van der Waals surface area (Å²) in [5.41, 5.74) is 1.12. The Morgan fingerprint density at radius 2 is 2.32 bits per heavy atom. The first-order chi connectivity index (χ1) is 10.5. The van der Waals surface area contributed by atoms with E-state index in [0.717, 1.165) is 22.0 Å². The molecule has 1 saturated heterocycles. The molecule has 7 heteroatoms. The normalized spacial score (nSPS) is 22.7. The molecule has 1 aliphatic heterocycles. The fourth-order valence-corrected chi connectivity index (χ4v) is 3.67. The summed E-state index contributed by atoms with van der Waals surface area (Å²) < 4.78 is 1.78. The lowest BCUT2D eigenvalue weighted by atomic mass is 9.90. The third-order valence-electron chi connectivity index (χ3n) is 4.07. The van der Waals surface area contributed by atoms with Gasteiger partial charge in [0, 0.05) is 43.3 Å². The van der Waals surface area contributed by atoms with Gasteiger partial charge in [0.2, 0.25) is 5.91 Å². The summed E-state index contributed by atoms with van der Waals surface area (Å²) in [6.07, 6.45) is 5.69. The number of nitrogens with zero attached hydrogens (tertiary/aromatic N) is 3. The fraction of sp³-hybridized carbons (Fsp3) is 0.533. The predicted octanol–water partition coefficient (Wildman–Crippen LogP) is 1.37. The highest BCUT2D eigenvalue weighted by molar-refractivity contribution is 7.11. The topological polar surface area (TPSA) is 71.8 Å². The molecule has 118 valence electrons. The second kappa shape index (κ2) is 6.18. The highest BCUT2D eigenvalue weighted by Crippen LogP contribution is 2.29. The molecule has 1 amide bonds. The Balaban J connectivity index is 1.68. The number of carbonyl (C=O) groups is 1. The fourth-order valence-electron chi connectivity index (χ4n) is 2.89. The summed E-state index contributed by atoms with van der Waals surface area (Å²) >= 11 is 1.63. The quantitative estimate of drug-likeness (QED) is 0.893. The van der Waals surface area contributed by atoms with E-state index in [1.807, 2.05) is 39.5 Å². The minimum Gasteiger partial charge on any atom is -0.347 e. The van der Waals surface area contributed by atoms with Gasteiger partial charge in [0.15, 0.2) is 0 Å². The molecule has 0 radical (unpaired) electrons. The average Bonchev–Trinajstić information content (AvgIpc) is 3.17. The van der Waals surface area contributed by atoms with E-state index in [0.29, 0.717) is 6.54 Å². The molecular formula is C15H21N5OS. The van der Waals surface area contributed by atoms with E-state index in [-0.39, 0.29) is 23.8 Å². The van der Waals surface area contributed by atoms with Gasteiger partial charge in [-0.05, 0) is 19.4 Å². The van der Waals surface area contributed by atoms with Crippen LogP contribution in [0.15, 0.2) is 18.6 Å². The molecule has 0 spiro atoms. The van der Waals surface area contributed by atoms with Gasteiger partial charge >= 0.3 is 0 Å². The van der Waals surface area contributed by atoms with Crippen LogP contribution in [0.2, 0.25) is 0 Å². The zero-order valence-electron chi connectivity index (χ0n) is 13.0. The van der Waals surface area contributed by atoms with Crippen molar-refractivity contribution >= 4 is 17.2 Å². The minimum atomic E-state index is -0.0623. The van der Waals surface area contributed by atoms with Crippen LogP contribution >= 0.6 is 11.3 Å². The van der Waals surface area contributed by atoms with Crippen LogP contribution in [0.3, 0.4) is 0 Å². The van der Waals surface area contributed by atoms with Crippen LogP contribution in [0.5, 0.6) is 0 Å². The first-order valence-corrected chi connectivity index (χ1v) is 8.28. The van der Waals surface area contributed by atoms with Gasteiger partial charge < -0.3 is 10.6 Å². The van der Waals surface area contributed by atoms with Crippen molar-refractivity contribution in [2.75, 3.05) is 13.1 Å². The van der Waals surface area contributed by atoms with Gasteiger partial charge in [0.1, 0.15) is 5.01 Å². The Bertz CT molecular complexity index is 664. The highest BCUT2D eigenvalue weighted by Gasteiger charge is 2.35. The third kappa shape index (κ3) is 3.05. The Morgan fingerprint density at radius 3 is 2.95 bits per heavy atom. The highest BCUT2D eigenvalue weighted by atomic mass is 32.1. The van der Waals surface area contributed by atoms with Crippen molar-refractivity contribution < 1.29 is 4.79 Å². The number of hydrogen-bond donors (Lipinski definition) is 2. The molecule has 0 saturated carbocycles. The maximum atomic E-state index is 12.6. The van der Waals surface area contributed by atoms with Gasteiger partial charge in [-0.2, -0.15) is 5.10 Å². The summed E-state index contributed by atoms with van der Waals surface area (Å²) in [6, 6.07) is -0.0543. The number of nitrogens with one attached hydrogen (secondary N) is 2. The largest absolute Gasteiger partial charge is 0.347 e. The van der Waals surface area contributed by atoms with E-state index >= 15 is 0 Å². The van der Waals surface area contributed by atoms with Gasteiger partial charge in [-0.25, -0.2) is 4.98 Å². The number of amides is 1. The first-order valence-electron chi connectivity index (χ1n) is 7.46. The van der Waals surface area contributed by atoms with Gasteiger partial charge in [0.05, 0.1) is 18.2 Å². The van der Waals surface area contributed by atoms with E-state index in [1.54, 1.807) is 16.0 Å². The molecule has 1 fully saturated rings. The molecule has 2 aromatic heterocycles. The lowest BCUT2D eigenvalue weighted by Gasteiger charge is -2.19. The molecule has 1 aliphatic rings. The molecule has 3 atom stereocenters. The van der Waals surface area contributed by atoms with Crippen molar-refractivity contribution in [2.45, 2.75) is 25.8 Å². The first kappa shape index (κ1) is 15.2. The second-order valence-electron chi connectivity index (χ2n) is 5.86. The molecule has 0 aromatic carbocycles. The summed E-state index contributed by atoms with van der Waals surface area (Å²) in [5, 5.41) is 11.6. The van der Waals surface area contributed by atoms with E-state index in [1.165, 1.54) is 0 Å². The van der Waals surface area contributed by atoms with Crippen molar-refractivity contribution in [2.24, 2.45) is 13.0 Å². The summed E-state index contributed by atoms with van der Waals surface area (Å²) in [5.74, 6) is 0.200. The van der Waals surface area contributed by atoms with Gasteiger partial charge in [-0.15, -0.1) is 11.3 Å². The average molecular weight is 319 g/mol. The molecule has 22 heavy (non-hydrogen) atoms. The van der Waals surface area contributed by atoms with E-state index in [2.05, 4.69) is 20.7 Å². The van der Waals surface area contributed by atoms with Crippen LogP contribution in [0.1, 0.15) is 34.3 Å². The Kier molecular flexibility index (Phi) is 4.26. The monoisotopic (exact) mass is 319 g/mol. The zero-order valence-corrected chi connectivity index (χ0v) is 13.9. The molecule has 6 nitrogen and oxygen atoms in total. The molecule has 2 N–H and O–H groups in total. The number of hydrogen-bond acceptors (Lipinski definition) is 5. The standard InChI is InChI=1S/C15H21N5OS/c1-9-4-17-15(22-9)10(2)19-14(21)13-7-16-6-12(13)11-5-18-20(3)8-11/h4-5,8,10,12-13,16H,6-7H2,1-3H3,(H,19,21)/t10?,12-,13+/m1/s1. The lowest BCUT2D eigenvalue weighted by molar-refractivity contribution is -0.125. The van der Waals surface area contributed by atoms with Crippen molar-refractivity contribution in [3.63, 3.8) is 0 Å². The van der Waals surface area contributed by atoms with Crippen LogP contribution in [0, 0.1) is 12.8 Å². The van der Waals surface area contributed by atoms with E-state index < -0.39 is 0 Å². The maximum absolute atomic E-state index is 12.6. The number of rotatable bonds is 4. The number of aromatic nitrogens is 3. The molecular weight excluding hydrogens is 298 g/mol. The zero-order chi connectivity index (χ0) is 15.7. The Labute approximate surface area is 133 Å². The number of carbonyl (C=O) groups excluding carboxylic acids is 1. The van der Waals surface area contributed by atoms with Crippen molar-refractivity contribution in [3.8, 4) is 0 Å². The van der Waals surface area contributed by atoms with Crippen molar-refractivity contribution in [3.05, 3.63) is 34.0 Å². The SMILES string of the molecule is Cc1cnc(C(C)NC(=O)[C@H]2CNC[C@@H]2c2cnn(C)c2)s1. The predicted molar refractivity (Wildman–Crippen MR) is 85.7 cm³/mol. The molecule has 3 rings (SSSR count). The van der Waals surface area contributed by atoms with E-state index in [4.69, 9.17) is 0 Å². The maximum Gasteiger partial charge on any atom is 0.225 e. The van der Waals surface area contributed by atoms with Gasteiger partial charge in [-0.3, -0.25) is 9.48 Å². The number of aryl methyl sites for hydroxylation is 2. The Morgan fingerprint density at radius 1 is 1.50 bits per heavy atom. The summed E-state index contributed by atoms with van der Waals surface area (Å²) in [6.45, 7) is 5.52. The second-order valence-corrected chi connectivity index (χ2v) is 7.12. The van der Waals surface area contributed by atoms with Crippen LogP contribution in [-0.4, -0.2) is 33.8 Å². The lowest BCUT2D eigenvalue weighted by Crippen LogP contribution is -2.35. The smallest absolute Gasteiger partial charge is 0.225 e. The Hall–Kier alpha value is -1.73. The number of thiazole rings is 1. The summed E-state index contributed by atoms with van der Waals surface area (Å²) in [7, 11) is 1.90. The summed E-state index contributed by atoms with van der Waals surface area (Å²) in [4.78, 5) is 18.1. The van der Waals surface area contributed by atoms with Crippen LogP contribution in [0.25, 0.3) is 0 Å². The minimum absolute atomic E-state index is 0.0543. The molecule has 0 bridgehead atoms. The van der Waals surface area contributed by atoms with Crippen molar-refractivity contribution in [1.82, 2.24) is 25.4 Å². The third-order valence-corrected chi connectivity index (χ3v) is 5.17. The molecule has 2 aromatic rings. The van der Waals surface area contributed by atoms with Crippen LogP contribution in [-0.2, 0) is 11.8 Å². The molecule has 3 heterocycles. The van der Waals surface area contributed by atoms with Crippen LogP contribution in [0.4, 0.5) is 0 Å².